The monoisotopic (exact) mass is 549 g/mol. The largest absolute Gasteiger partial charge is 0.366 e. The van der Waals surface area contributed by atoms with Gasteiger partial charge in [0.1, 0.15) is 23.4 Å². The number of rotatable bonds is 5. The molecule has 0 fully saturated rings. The SMILES string of the molecule is CC(C)(C)NC(=O)N1CC=C(c2cc3c(Nc4ccc5ncc(-c6ccccc6C(N)=O)n5c4)ncnc3[nH]2)CC1. The van der Waals surface area contributed by atoms with Gasteiger partial charge >= 0.3 is 6.03 Å². The molecule has 5 aromatic rings. The lowest BCUT2D eigenvalue weighted by atomic mass is 10.0. The first kappa shape index (κ1) is 26.1. The van der Waals surface area contributed by atoms with Gasteiger partial charge in [-0.15, -0.1) is 0 Å². The Morgan fingerprint density at radius 2 is 1.90 bits per heavy atom. The standard InChI is InChI=1S/C30H31N9O2/c1-30(2,3)37-29(41)38-12-10-18(11-13-38)23-14-22-27(33-17-34-28(22)36-23)35-19-8-9-25-32-15-24(39(25)16-19)20-6-4-5-7-21(20)26(31)40/h4-10,14-17H,11-13H2,1-3H3,(H2,31,40)(H,37,41)(H2,33,34,35,36). The van der Waals surface area contributed by atoms with E-state index in [1.807, 2.05) is 66.6 Å². The van der Waals surface area contributed by atoms with Gasteiger partial charge in [0.25, 0.3) is 0 Å². The van der Waals surface area contributed by atoms with Crippen LogP contribution in [0.2, 0.25) is 0 Å². The number of urea groups is 1. The van der Waals surface area contributed by atoms with Crippen molar-refractivity contribution in [3.63, 3.8) is 0 Å². The van der Waals surface area contributed by atoms with Gasteiger partial charge in [-0.25, -0.2) is 19.7 Å². The van der Waals surface area contributed by atoms with Crippen molar-refractivity contribution in [1.29, 1.82) is 0 Å². The first-order valence-corrected chi connectivity index (χ1v) is 13.4. The maximum atomic E-state index is 12.6. The van der Waals surface area contributed by atoms with Crippen molar-refractivity contribution in [2.24, 2.45) is 5.73 Å². The van der Waals surface area contributed by atoms with E-state index in [0.717, 1.165) is 40.1 Å². The number of anilines is 2. The number of primary amides is 1. The van der Waals surface area contributed by atoms with Gasteiger partial charge < -0.3 is 26.3 Å². The number of hydrogen-bond acceptors (Lipinski definition) is 6. The minimum Gasteiger partial charge on any atom is -0.366 e. The molecule has 0 aliphatic carbocycles. The van der Waals surface area contributed by atoms with Gasteiger partial charge in [0, 0.05) is 41.6 Å². The normalized spacial score (nSPS) is 13.8. The van der Waals surface area contributed by atoms with Crippen LogP contribution < -0.4 is 16.4 Å². The molecular weight excluding hydrogens is 518 g/mol. The Balaban J connectivity index is 1.27. The highest BCUT2D eigenvalue weighted by molar-refractivity contribution is 5.99. The first-order chi connectivity index (χ1) is 19.7. The molecule has 5 heterocycles. The summed E-state index contributed by atoms with van der Waals surface area (Å²) in [5.41, 5.74) is 11.6. The summed E-state index contributed by atoms with van der Waals surface area (Å²) in [7, 11) is 0. The number of nitrogens with one attached hydrogen (secondary N) is 3. The predicted molar refractivity (Wildman–Crippen MR) is 159 cm³/mol. The minimum absolute atomic E-state index is 0.0575. The highest BCUT2D eigenvalue weighted by Crippen LogP contribution is 2.30. The van der Waals surface area contributed by atoms with E-state index in [4.69, 9.17) is 5.73 Å². The molecule has 0 saturated heterocycles. The zero-order valence-electron chi connectivity index (χ0n) is 23.1. The highest BCUT2D eigenvalue weighted by Gasteiger charge is 2.23. The molecule has 208 valence electrons. The topological polar surface area (TPSA) is 146 Å². The number of amides is 3. The zero-order valence-corrected chi connectivity index (χ0v) is 23.1. The molecule has 0 unspecified atom stereocenters. The number of hydrogen-bond donors (Lipinski definition) is 4. The number of carbonyl (C=O) groups is 2. The van der Waals surface area contributed by atoms with E-state index < -0.39 is 5.91 Å². The fourth-order valence-electron chi connectivity index (χ4n) is 5.02. The first-order valence-electron chi connectivity index (χ1n) is 13.4. The third-order valence-corrected chi connectivity index (χ3v) is 6.99. The summed E-state index contributed by atoms with van der Waals surface area (Å²) in [5.74, 6) is 0.157. The van der Waals surface area contributed by atoms with Crippen LogP contribution in [-0.4, -0.2) is 59.8 Å². The van der Waals surface area contributed by atoms with Gasteiger partial charge in [-0.05, 0) is 57.0 Å². The summed E-state index contributed by atoms with van der Waals surface area (Å²) in [5, 5.41) is 7.28. The van der Waals surface area contributed by atoms with E-state index in [0.29, 0.717) is 35.7 Å². The maximum Gasteiger partial charge on any atom is 0.318 e. The Bertz CT molecular complexity index is 1830. The van der Waals surface area contributed by atoms with Crippen LogP contribution >= 0.6 is 0 Å². The third kappa shape index (κ3) is 5.21. The number of carbonyl (C=O) groups excluding carboxylic acids is 2. The number of benzene rings is 1. The molecule has 0 saturated carbocycles. The smallest absolute Gasteiger partial charge is 0.318 e. The van der Waals surface area contributed by atoms with Crippen LogP contribution in [0.15, 0.2) is 67.3 Å². The number of pyridine rings is 1. The fraction of sp³-hybridized carbons (Fsp3) is 0.233. The maximum absolute atomic E-state index is 12.6. The Kier molecular flexibility index (Phi) is 6.41. The number of nitrogens with zero attached hydrogens (tertiary/aromatic N) is 5. The molecule has 3 amide bonds. The number of aromatic nitrogens is 5. The van der Waals surface area contributed by atoms with Crippen molar-refractivity contribution < 1.29 is 9.59 Å². The number of fused-ring (bicyclic) bond motifs is 2. The van der Waals surface area contributed by atoms with Gasteiger partial charge in [-0.2, -0.15) is 0 Å². The van der Waals surface area contributed by atoms with Gasteiger partial charge in [-0.3, -0.25) is 9.20 Å². The lowest BCUT2D eigenvalue weighted by Gasteiger charge is -2.30. The van der Waals surface area contributed by atoms with Crippen LogP contribution in [0.5, 0.6) is 0 Å². The molecule has 41 heavy (non-hydrogen) atoms. The van der Waals surface area contributed by atoms with Gasteiger partial charge in [0.2, 0.25) is 5.91 Å². The average molecular weight is 550 g/mol. The summed E-state index contributed by atoms with van der Waals surface area (Å²) in [6, 6.07) is 13.0. The molecule has 0 spiro atoms. The Morgan fingerprint density at radius 3 is 2.66 bits per heavy atom. The molecule has 1 aliphatic heterocycles. The van der Waals surface area contributed by atoms with E-state index in [-0.39, 0.29) is 11.6 Å². The van der Waals surface area contributed by atoms with E-state index >= 15 is 0 Å². The predicted octanol–water partition coefficient (Wildman–Crippen LogP) is 4.71. The molecule has 0 bridgehead atoms. The Hall–Kier alpha value is -5.19. The molecule has 1 aromatic carbocycles. The van der Waals surface area contributed by atoms with Crippen molar-refractivity contribution in [3.8, 4) is 11.3 Å². The van der Waals surface area contributed by atoms with Crippen molar-refractivity contribution in [2.45, 2.75) is 32.7 Å². The van der Waals surface area contributed by atoms with E-state index in [9.17, 15) is 9.59 Å². The summed E-state index contributed by atoms with van der Waals surface area (Å²) < 4.78 is 1.92. The molecule has 1 aliphatic rings. The second-order valence-electron chi connectivity index (χ2n) is 11.1. The number of H-pyrrole nitrogens is 1. The van der Waals surface area contributed by atoms with Crippen molar-refractivity contribution >= 4 is 45.7 Å². The molecule has 0 atom stereocenters. The second kappa shape index (κ2) is 10.1. The summed E-state index contributed by atoms with van der Waals surface area (Å²) in [4.78, 5) is 43.3. The molecule has 11 heteroatoms. The van der Waals surface area contributed by atoms with Crippen molar-refractivity contribution in [3.05, 3.63) is 78.5 Å². The minimum atomic E-state index is -0.495. The van der Waals surface area contributed by atoms with Crippen LogP contribution in [0.3, 0.4) is 0 Å². The van der Waals surface area contributed by atoms with Crippen LogP contribution in [0.25, 0.3) is 33.5 Å². The average Bonchev–Trinajstić information content (AvgIpc) is 3.57. The van der Waals surface area contributed by atoms with Crippen LogP contribution in [0.4, 0.5) is 16.3 Å². The number of imidazole rings is 1. The molecular formula is C30H31N9O2. The van der Waals surface area contributed by atoms with E-state index in [1.165, 1.54) is 6.33 Å². The van der Waals surface area contributed by atoms with Crippen LogP contribution in [-0.2, 0) is 0 Å². The number of aromatic amines is 1. The molecule has 0 radical (unpaired) electrons. The fourth-order valence-corrected chi connectivity index (χ4v) is 5.02. The molecule has 6 rings (SSSR count). The van der Waals surface area contributed by atoms with Crippen molar-refractivity contribution in [2.75, 3.05) is 18.4 Å². The second-order valence-corrected chi connectivity index (χ2v) is 11.1. The molecule has 4 aromatic heterocycles. The zero-order chi connectivity index (χ0) is 28.7. The molecule has 11 nitrogen and oxygen atoms in total. The third-order valence-electron chi connectivity index (χ3n) is 6.99. The van der Waals surface area contributed by atoms with E-state index in [1.54, 1.807) is 18.3 Å². The van der Waals surface area contributed by atoms with Crippen LogP contribution in [0.1, 0.15) is 43.2 Å². The van der Waals surface area contributed by atoms with Crippen molar-refractivity contribution in [1.82, 2.24) is 34.6 Å². The summed E-state index contributed by atoms with van der Waals surface area (Å²) in [6.07, 6.45) is 7.97. The molecule has 5 N–H and O–H groups in total. The van der Waals surface area contributed by atoms with Gasteiger partial charge in [-0.1, -0.05) is 24.3 Å². The lowest BCUT2D eigenvalue weighted by molar-refractivity contribution is 0.100. The van der Waals surface area contributed by atoms with E-state index in [2.05, 4.69) is 36.6 Å². The Morgan fingerprint density at radius 1 is 1.07 bits per heavy atom. The van der Waals surface area contributed by atoms with Gasteiger partial charge in [0.15, 0.2) is 0 Å². The lowest BCUT2D eigenvalue weighted by Crippen LogP contribution is -2.49. The number of nitrogens with two attached hydrogens (primary N) is 1. The van der Waals surface area contributed by atoms with Crippen LogP contribution in [0, 0.1) is 0 Å². The highest BCUT2D eigenvalue weighted by atomic mass is 16.2. The summed E-state index contributed by atoms with van der Waals surface area (Å²) in [6.45, 7) is 7.09. The quantitative estimate of drug-likeness (QED) is 0.250. The van der Waals surface area contributed by atoms with Gasteiger partial charge in [0.05, 0.1) is 23.0 Å². The Labute approximate surface area is 236 Å². The summed E-state index contributed by atoms with van der Waals surface area (Å²) >= 11 is 0.